The molecule has 154 valence electrons. The molecule has 0 aliphatic carbocycles. The first-order chi connectivity index (χ1) is 13.3. The Balaban J connectivity index is 1.93. The van der Waals surface area contributed by atoms with Gasteiger partial charge in [-0.15, -0.1) is 0 Å². The van der Waals surface area contributed by atoms with Crippen LogP contribution in [0, 0.1) is 6.92 Å². The highest BCUT2D eigenvalue weighted by Gasteiger charge is 2.45. The first-order valence-electron chi connectivity index (χ1n) is 10.0. The van der Waals surface area contributed by atoms with Gasteiger partial charge in [0.15, 0.2) is 5.96 Å². The summed E-state index contributed by atoms with van der Waals surface area (Å²) in [5.41, 5.74) is 1.74. The minimum Gasteiger partial charge on any atom is -0.357 e. The molecule has 0 aromatic heterocycles. The molecule has 1 saturated heterocycles. The van der Waals surface area contributed by atoms with E-state index in [1.54, 1.807) is 6.92 Å². The zero-order valence-corrected chi connectivity index (χ0v) is 17.7. The SMILES string of the molecule is CCNC(=NCCCN1C(=O)NC(C)(CC)C1=O)N(C)Cc1ccccc1C. The van der Waals surface area contributed by atoms with Gasteiger partial charge in [0, 0.05) is 33.2 Å². The summed E-state index contributed by atoms with van der Waals surface area (Å²) in [5, 5.41) is 6.09. The van der Waals surface area contributed by atoms with Gasteiger partial charge in [0.1, 0.15) is 5.54 Å². The van der Waals surface area contributed by atoms with Gasteiger partial charge in [0.05, 0.1) is 0 Å². The number of guanidine groups is 1. The molecule has 3 amide bonds. The fraction of sp³-hybridized carbons (Fsp3) is 0.571. The molecule has 1 heterocycles. The number of carbonyl (C=O) groups excluding carboxylic acids is 2. The van der Waals surface area contributed by atoms with E-state index in [1.165, 1.54) is 16.0 Å². The van der Waals surface area contributed by atoms with Gasteiger partial charge in [-0.3, -0.25) is 14.7 Å². The van der Waals surface area contributed by atoms with Crippen LogP contribution in [-0.4, -0.2) is 59.9 Å². The topological polar surface area (TPSA) is 77.0 Å². The van der Waals surface area contributed by atoms with E-state index in [4.69, 9.17) is 0 Å². The van der Waals surface area contributed by atoms with Crippen molar-refractivity contribution in [2.24, 2.45) is 4.99 Å². The predicted octanol–water partition coefficient (Wildman–Crippen LogP) is 2.50. The number of hydrogen-bond acceptors (Lipinski definition) is 3. The number of urea groups is 1. The highest BCUT2D eigenvalue weighted by Crippen LogP contribution is 2.20. The number of amides is 3. The van der Waals surface area contributed by atoms with Crippen molar-refractivity contribution in [3.8, 4) is 0 Å². The molecule has 1 atom stereocenters. The van der Waals surface area contributed by atoms with Gasteiger partial charge in [-0.1, -0.05) is 31.2 Å². The molecule has 1 aromatic rings. The van der Waals surface area contributed by atoms with Crippen LogP contribution in [-0.2, 0) is 11.3 Å². The number of nitrogens with one attached hydrogen (secondary N) is 2. The highest BCUT2D eigenvalue weighted by atomic mass is 16.2. The van der Waals surface area contributed by atoms with Crippen LogP contribution in [0.15, 0.2) is 29.3 Å². The fourth-order valence-corrected chi connectivity index (χ4v) is 3.19. The van der Waals surface area contributed by atoms with E-state index < -0.39 is 5.54 Å². The molecule has 2 N–H and O–H groups in total. The van der Waals surface area contributed by atoms with Crippen molar-refractivity contribution < 1.29 is 9.59 Å². The monoisotopic (exact) mass is 387 g/mol. The van der Waals surface area contributed by atoms with E-state index in [1.807, 2.05) is 33.0 Å². The lowest BCUT2D eigenvalue weighted by atomic mass is 9.99. The molecular formula is C21H33N5O2. The molecule has 1 fully saturated rings. The maximum absolute atomic E-state index is 12.4. The van der Waals surface area contributed by atoms with Crippen LogP contribution in [0.1, 0.15) is 44.7 Å². The average Bonchev–Trinajstić information content (AvgIpc) is 2.89. The molecule has 2 rings (SSSR count). The molecule has 0 bridgehead atoms. The highest BCUT2D eigenvalue weighted by molar-refractivity contribution is 6.06. The molecule has 28 heavy (non-hydrogen) atoms. The van der Waals surface area contributed by atoms with E-state index in [-0.39, 0.29) is 11.9 Å². The van der Waals surface area contributed by atoms with Crippen LogP contribution < -0.4 is 10.6 Å². The second-order valence-electron chi connectivity index (χ2n) is 7.44. The number of imide groups is 1. The molecular weight excluding hydrogens is 354 g/mol. The van der Waals surface area contributed by atoms with Gasteiger partial charge in [0.2, 0.25) is 0 Å². The fourth-order valence-electron chi connectivity index (χ4n) is 3.19. The molecule has 7 heteroatoms. The van der Waals surface area contributed by atoms with Crippen molar-refractivity contribution in [1.82, 2.24) is 20.4 Å². The molecule has 7 nitrogen and oxygen atoms in total. The summed E-state index contributed by atoms with van der Waals surface area (Å²) in [4.78, 5) is 32.6. The molecule has 0 spiro atoms. The number of rotatable bonds is 8. The lowest BCUT2D eigenvalue weighted by Crippen LogP contribution is -2.43. The molecule has 1 unspecified atom stereocenters. The summed E-state index contributed by atoms with van der Waals surface area (Å²) in [6.45, 7) is 10.3. The van der Waals surface area contributed by atoms with Gasteiger partial charge in [-0.05, 0) is 44.7 Å². The van der Waals surface area contributed by atoms with Crippen molar-refractivity contribution in [2.45, 2.75) is 52.6 Å². The normalized spacial score (nSPS) is 19.8. The predicted molar refractivity (Wildman–Crippen MR) is 112 cm³/mol. The number of carbonyl (C=O) groups is 2. The van der Waals surface area contributed by atoms with E-state index in [9.17, 15) is 9.59 Å². The van der Waals surface area contributed by atoms with Gasteiger partial charge in [0.25, 0.3) is 5.91 Å². The number of benzene rings is 1. The average molecular weight is 388 g/mol. The summed E-state index contributed by atoms with van der Waals surface area (Å²) in [6.07, 6.45) is 1.21. The Kier molecular flexibility index (Phi) is 7.43. The van der Waals surface area contributed by atoms with Crippen molar-refractivity contribution in [1.29, 1.82) is 0 Å². The molecule has 0 saturated carbocycles. The third kappa shape index (κ3) is 5.03. The lowest BCUT2D eigenvalue weighted by Gasteiger charge is -2.23. The van der Waals surface area contributed by atoms with Crippen molar-refractivity contribution in [2.75, 3.05) is 26.7 Å². The van der Waals surface area contributed by atoms with Crippen LogP contribution in [0.2, 0.25) is 0 Å². The van der Waals surface area contributed by atoms with E-state index in [0.717, 1.165) is 19.0 Å². The third-order valence-corrected chi connectivity index (χ3v) is 5.22. The maximum atomic E-state index is 12.4. The zero-order chi connectivity index (χ0) is 20.7. The summed E-state index contributed by atoms with van der Waals surface area (Å²) in [5.74, 6) is 0.675. The van der Waals surface area contributed by atoms with Crippen LogP contribution >= 0.6 is 0 Å². The number of aryl methyl sites for hydroxylation is 1. The second-order valence-corrected chi connectivity index (χ2v) is 7.44. The van der Waals surface area contributed by atoms with E-state index >= 15 is 0 Å². The summed E-state index contributed by atoms with van der Waals surface area (Å²) >= 11 is 0. The Bertz CT molecular complexity index is 733. The quantitative estimate of drug-likeness (QED) is 0.311. The Morgan fingerprint density at radius 1 is 1.29 bits per heavy atom. The molecule has 1 aliphatic rings. The van der Waals surface area contributed by atoms with Gasteiger partial charge >= 0.3 is 6.03 Å². The second kappa shape index (κ2) is 9.57. The van der Waals surface area contributed by atoms with Crippen LogP contribution in [0.5, 0.6) is 0 Å². The molecule has 0 radical (unpaired) electrons. The number of nitrogens with zero attached hydrogens (tertiary/aromatic N) is 3. The summed E-state index contributed by atoms with van der Waals surface area (Å²) in [7, 11) is 2.01. The van der Waals surface area contributed by atoms with Gasteiger partial charge in [-0.2, -0.15) is 0 Å². The van der Waals surface area contributed by atoms with Gasteiger partial charge < -0.3 is 15.5 Å². The lowest BCUT2D eigenvalue weighted by molar-refractivity contribution is -0.130. The van der Waals surface area contributed by atoms with Gasteiger partial charge in [-0.25, -0.2) is 4.79 Å². The largest absolute Gasteiger partial charge is 0.357 e. The Labute approximate surface area is 168 Å². The zero-order valence-electron chi connectivity index (χ0n) is 17.7. The smallest absolute Gasteiger partial charge is 0.325 e. The summed E-state index contributed by atoms with van der Waals surface area (Å²) in [6, 6.07) is 8.01. The number of aliphatic imine (C=N–C) groups is 1. The maximum Gasteiger partial charge on any atom is 0.325 e. The van der Waals surface area contributed by atoms with Crippen LogP contribution in [0.3, 0.4) is 0 Å². The van der Waals surface area contributed by atoms with Crippen molar-refractivity contribution in [3.05, 3.63) is 35.4 Å². The Morgan fingerprint density at radius 2 is 2.00 bits per heavy atom. The Hall–Kier alpha value is -2.57. The standard InChI is InChI=1S/C21H33N5O2/c1-6-21(4)18(27)26(20(28)24-21)14-10-13-23-19(22-7-2)25(5)15-17-12-9-8-11-16(17)3/h8-9,11-12H,6-7,10,13-15H2,1-5H3,(H,22,23)(H,24,28). The van der Waals surface area contributed by atoms with E-state index in [2.05, 4.69) is 39.6 Å². The first kappa shape index (κ1) is 21.7. The minimum absolute atomic E-state index is 0.146. The van der Waals surface area contributed by atoms with Crippen LogP contribution in [0.25, 0.3) is 0 Å². The van der Waals surface area contributed by atoms with Crippen molar-refractivity contribution >= 4 is 17.9 Å². The third-order valence-electron chi connectivity index (χ3n) is 5.22. The summed E-state index contributed by atoms with van der Waals surface area (Å²) < 4.78 is 0. The first-order valence-corrected chi connectivity index (χ1v) is 10.0. The molecule has 1 aliphatic heterocycles. The van der Waals surface area contributed by atoms with E-state index in [0.29, 0.717) is 25.9 Å². The minimum atomic E-state index is -0.775. The molecule has 1 aromatic carbocycles. The number of hydrogen-bond donors (Lipinski definition) is 2. The van der Waals surface area contributed by atoms with Crippen LogP contribution in [0.4, 0.5) is 4.79 Å². The Morgan fingerprint density at radius 3 is 2.61 bits per heavy atom. The van der Waals surface area contributed by atoms with Crippen molar-refractivity contribution in [3.63, 3.8) is 0 Å².